The summed E-state index contributed by atoms with van der Waals surface area (Å²) in [4.78, 5) is 0. The van der Waals surface area contributed by atoms with E-state index in [0.717, 1.165) is 61.6 Å². The van der Waals surface area contributed by atoms with Gasteiger partial charge >= 0.3 is 29.4 Å². The average molecular weight is 440 g/mol. The second kappa shape index (κ2) is 7.90. The van der Waals surface area contributed by atoms with Crippen LogP contribution in [0.25, 0.3) is 0 Å². The predicted octanol–water partition coefficient (Wildman–Crippen LogP) is 2.65. The fourth-order valence-corrected chi connectivity index (χ4v) is 7.02. The highest BCUT2D eigenvalue weighted by Crippen LogP contribution is 2.21. The summed E-state index contributed by atoms with van der Waals surface area (Å²) in [5.74, 6) is -1.70. The molecule has 0 heterocycles. The lowest BCUT2D eigenvalue weighted by Crippen LogP contribution is -2.41. The van der Waals surface area contributed by atoms with Crippen molar-refractivity contribution in [2.45, 2.75) is 13.1 Å². The summed E-state index contributed by atoms with van der Waals surface area (Å²) in [6.07, 6.45) is 0. The molecule has 0 N–H and O–H groups in total. The molecule has 2 aromatic rings. The summed E-state index contributed by atoms with van der Waals surface area (Å²) in [5, 5.41) is 0. The van der Waals surface area contributed by atoms with Gasteiger partial charge in [0.25, 0.3) is 0 Å². The van der Waals surface area contributed by atoms with Gasteiger partial charge in [-0.1, -0.05) is 0 Å². The van der Waals surface area contributed by atoms with E-state index in [2.05, 4.69) is 8.37 Å². The quantitative estimate of drug-likeness (QED) is 0.577. The molecule has 0 bridgehead atoms. The first kappa shape index (κ1) is 21.2. The molecule has 0 spiro atoms. The van der Waals surface area contributed by atoms with Crippen molar-refractivity contribution in [2.75, 3.05) is 0 Å². The Balaban J connectivity index is 2.05. The second-order valence-corrected chi connectivity index (χ2v) is 11.6. The van der Waals surface area contributed by atoms with Gasteiger partial charge in [-0.25, -0.2) is 8.78 Å². The number of benzene rings is 2. The average Bonchev–Trinajstić information content (AvgIpc) is 2.49. The van der Waals surface area contributed by atoms with Gasteiger partial charge in [0.1, 0.15) is 23.1 Å². The van der Waals surface area contributed by atoms with Gasteiger partial charge in [0.2, 0.25) is 0 Å². The third-order valence-corrected chi connectivity index (χ3v) is 8.27. The molecule has 2 rings (SSSR count). The van der Waals surface area contributed by atoms with Gasteiger partial charge in [0.15, 0.2) is 0 Å². The molecule has 0 saturated carbocycles. The van der Waals surface area contributed by atoms with Crippen molar-refractivity contribution < 1.29 is 41.7 Å². The molecule has 0 radical (unpaired) electrons. The maximum atomic E-state index is 12.8. The zero-order valence-electron chi connectivity index (χ0n) is 14.0. The lowest BCUT2D eigenvalue weighted by molar-refractivity contribution is 0.322. The maximum absolute atomic E-state index is 12.8. The zero-order chi connectivity index (χ0) is 20.3. The van der Waals surface area contributed by atoms with Crippen molar-refractivity contribution >= 4 is 29.4 Å². The molecule has 2 aromatic carbocycles. The first-order valence-corrected chi connectivity index (χ1v) is 12.7. The number of hydrogen-bond acceptors (Lipinski definition) is 8. The number of rotatable bonds is 8. The summed E-state index contributed by atoms with van der Waals surface area (Å²) in [6, 6.07) is 8.02. The van der Waals surface area contributed by atoms with Crippen LogP contribution in [0, 0.1) is 11.6 Å². The Morgan fingerprint density at radius 3 is 1.26 bits per heavy atom. The highest BCUT2D eigenvalue weighted by atomic mass is 32.3. The van der Waals surface area contributed by atoms with Gasteiger partial charge in [-0.05, 0) is 61.6 Å². The third kappa shape index (κ3) is 7.22. The van der Waals surface area contributed by atoms with Crippen LogP contribution in [-0.2, 0) is 28.5 Å². The van der Waals surface area contributed by atoms with Gasteiger partial charge in [-0.3, -0.25) is 7.74 Å². The van der Waals surface area contributed by atoms with Crippen LogP contribution in [-0.4, -0.2) is 25.4 Å². The van der Waals surface area contributed by atoms with E-state index in [-0.39, 0.29) is 11.5 Å². The summed E-state index contributed by atoms with van der Waals surface area (Å²) in [5.41, 5.74) is 0. The molecule has 8 nitrogen and oxygen atoms in total. The maximum Gasteiger partial charge on any atom is 0.441 e. The molecule has 148 valence electrons. The fourth-order valence-electron chi connectivity index (χ4n) is 1.76. The molecule has 0 aliphatic heterocycles. The van der Waals surface area contributed by atoms with Crippen molar-refractivity contribution in [3.8, 4) is 11.5 Å². The molecule has 0 fully saturated rings. The summed E-state index contributed by atoms with van der Waals surface area (Å²) >= 11 is 0. The Kier molecular flexibility index (Phi) is 6.21. The molecule has 27 heavy (non-hydrogen) atoms. The summed E-state index contributed by atoms with van der Waals surface area (Å²) < 4.78 is 91.9. The van der Waals surface area contributed by atoms with Crippen molar-refractivity contribution in [1.29, 1.82) is 0 Å². The smallest absolute Gasteiger partial charge is 0.362 e. The van der Waals surface area contributed by atoms with Crippen LogP contribution in [0.4, 0.5) is 8.78 Å². The molecule has 0 amide bonds. The topological polar surface area (TPSA) is 105 Å². The third-order valence-electron chi connectivity index (χ3n) is 2.63. The van der Waals surface area contributed by atoms with Crippen molar-refractivity contribution in [3.63, 3.8) is 0 Å². The van der Waals surface area contributed by atoms with Crippen LogP contribution >= 0.6 is 0 Å². The lowest BCUT2D eigenvalue weighted by Gasteiger charge is -2.20. The van der Waals surface area contributed by atoms with Crippen molar-refractivity contribution in [1.82, 2.24) is 0 Å². The van der Waals surface area contributed by atoms with Crippen molar-refractivity contribution in [3.05, 3.63) is 60.2 Å². The first-order chi connectivity index (χ1) is 12.4. The van der Waals surface area contributed by atoms with Gasteiger partial charge in [0.05, 0.1) is 0 Å². The van der Waals surface area contributed by atoms with Crippen LogP contribution in [0.3, 0.4) is 0 Å². The molecule has 0 unspecified atom stereocenters. The lowest BCUT2D eigenvalue weighted by atomic mass is 10.3. The molecule has 0 aliphatic carbocycles. The summed E-state index contributed by atoms with van der Waals surface area (Å²) in [7, 11) is -13.3. The van der Waals surface area contributed by atoms with E-state index in [1.54, 1.807) is 0 Å². The van der Waals surface area contributed by atoms with E-state index in [1.165, 1.54) is 0 Å². The Hall–Kier alpha value is -2.06. The van der Waals surface area contributed by atoms with E-state index in [1.807, 2.05) is 0 Å². The minimum absolute atomic E-state index is 0.244. The standard InChI is InChI=1S/C14H14F2O8S2Si/c1-27(2,23-25(17,18)21-13-7-3-11(15)4-8-13)24-26(19,20)22-14-9-5-12(16)6-10-14/h3-10H,1-2H3. The van der Waals surface area contributed by atoms with E-state index < -0.39 is 41.0 Å². The molecule has 0 aliphatic rings. The summed E-state index contributed by atoms with van der Waals surface area (Å²) in [6.45, 7) is 2.23. The Labute approximate surface area is 156 Å². The van der Waals surface area contributed by atoms with Crippen LogP contribution in [0.2, 0.25) is 13.1 Å². The largest absolute Gasteiger partial charge is 0.441 e. The minimum Gasteiger partial charge on any atom is -0.362 e. The minimum atomic E-state index is -4.71. The number of halogens is 2. The van der Waals surface area contributed by atoms with Gasteiger partial charge < -0.3 is 8.37 Å². The van der Waals surface area contributed by atoms with E-state index >= 15 is 0 Å². The first-order valence-electron chi connectivity index (χ1n) is 7.17. The Bertz CT molecular complexity index is 909. The highest BCUT2D eigenvalue weighted by Gasteiger charge is 2.39. The normalized spacial score (nSPS) is 12.6. The van der Waals surface area contributed by atoms with Gasteiger partial charge in [0, 0.05) is 0 Å². The van der Waals surface area contributed by atoms with E-state index in [9.17, 15) is 25.6 Å². The van der Waals surface area contributed by atoms with Crippen LogP contribution < -0.4 is 8.37 Å². The van der Waals surface area contributed by atoms with Crippen LogP contribution in [0.5, 0.6) is 11.5 Å². The monoisotopic (exact) mass is 440 g/mol. The molecule has 0 saturated heterocycles. The molecule has 0 aromatic heterocycles. The SMILES string of the molecule is C[Si](C)(OS(=O)(=O)Oc1ccc(F)cc1)OS(=O)(=O)Oc1ccc(F)cc1. The fraction of sp³-hybridized carbons (Fsp3) is 0.143. The predicted molar refractivity (Wildman–Crippen MR) is 91.5 cm³/mol. The van der Waals surface area contributed by atoms with E-state index in [0.29, 0.717) is 0 Å². The highest BCUT2D eigenvalue weighted by molar-refractivity contribution is 7.85. The molecular formula is C14H14F2O8S2Si. The van der Waals surface area contributed by atoms with E-state index in [4.69, 9.17) is 7.74 Å². The van der Waals surface area contributed by atoms with Crippen LogP contribution in [0.1, 0.15) is 0 Å². The van der Waals surface area contributed by atoms with Crippen LogP contribution in [0.15, 0.2) is 48.5 Å². The van der Waals surface area contributed by atoms with Gasteiger partial charge in [-0.2, -0.15) is 16.8 Å². The zero-order valence-corrected chi connectivity index (χ0v) is 16.6. The number of hydrogen-bond donors (Lipinski definition) is 0. The Morgan fingerprint density at radius 2 is 0.963 bits per heavy atom. The molecule has 13 heteroatoms. The second-order valence-electron chi connectivity index (χ2n) is 5.46. The van der Waals surface area contributed by atoms with Gasteiger partial charge in [-0.15, -0.1) is 0 Å². The molecule has 0 atom stereocenters. The van der Waals surface area contributed by atoms with Crippen molar-refractivity contribution in [2.24, 2.45) is 0 Å². The molecular weight excluding hydrogens is 426 g/mol. The Morgan fingerprint density at radius 1 is 0.667 bits per heavy atom.